The van der Waals surface area contributed by atoms with Crippen molar-refractivity contribution >= 4 is 0 Å². The predicted octanol–water partition coefficient (Wildman–Crippen LogP) is 2.71. The summed E-state index contributed by atoms with van der Waals surface area (Å²) in [5.41, 5.74) is -0.368. The van der Waals surface area contributed by atoms with Gasteiger partial charge in [0.1, 0.15) is 5.75 Å². The highest BCUT2D eigenvalue weighted by molar-refractivity contribution is 5.33. The van der Waals surface area contributed by atoms with Crippen molar-refractivity contribution in [2.45, 2.75) is 44.5 Å². The molecule has 2 aliphatic rings. The quantitative estimate of drug-likeness (QED) is 0.879. The van der Waals surface area contributed by atoms with E-state index in [1.54, 1.807) is 18.2 Å². The molecular weight excluding hydrogens is 318 g/mol. The molecule has 2 unspecified atom stereocenters. The predicted molar refractivity (Wildman–Crippen MR) is 96.3 cm³/mol. The molecule has 2 fully saturated rings. The largest absolute Gasteiger partial charge is 0.508 e. The maximum atomic E-state index is 11.7. The summed E-state index contributed by atoms with van der Waals surface area (Å²) in [5.74, 6) is -0.517. The van der Waals surface area contributed by atoms with Gasteiger partial charge in [-0.25, -0.2) is 0 Å². The van der Waals surface area contributed by atoms with Gasteiger partial charge in [-0.3, -0.25) is 0 Å². The van der Waals surface area contributed by atoms with Crippen molar-refractivity contribution in [3.63, 3.8) is 0 Å². The number of rotatable bonds is 3. The Labute approximate surface area is 150 Å². The molecule has 0 aromatic heterocycles. The van der Waals surface area contributed by atoms with Crippen LogP contribution in [0.1, 0.15) is 38.7 Å². The van der Waals surface area contributed by atoms with Crippen LogP contribution < -0.4 is 0 Å². The van der Waals surface area contributed by atoms with Crippen LogP contribution in [-0.4, -0.2) is 54.8 Å². The van der Waals surface area contributed by atoms with E-state index in [1.807, 2.05) is 20.2 Å². The van der Waals surface area contributed by atoms with Crippen molar-refractivity contribution in [2.24, 2.45) is 11.3 Å². The van der Waals surface area contributed by atoms with Gasteiger partial charge in [0.25, 0.3) is 0 Å². The van der Waals surface area contributed by atoms with E-state index < -0.39 is 11.4 Å². The Kier molecular flexibility index (Phi) is 4.88. The topological polar surface area (TPSA) is 62.2 Å². The Balaban J connectivity index is 1.91. The van der Waals surface area contributed by atoms with E-state index >= 15 is 0 Å². The second kappa shape index (κ2) is 6.54. The molecule has 1 aliphatic heterocycles. The molecule has 0 amide bonds. The zero-order chi connectivity index (χ0) is 18.3. The molecule has 5 nitrogen and oxygen atoms in total. The van der Waals surface area contributed by atoms with E-state index in [9.17, 15) is 10.2 Å². The van der Waals surface area contributed by atoms with Crippen molar-refractivity contribution in [3.05, 3.63) is 29.8 Å². The molecule has 5 heteroatoms. The van der Waals surface area contributed by atoms with E-state index in [0.29, 0.717) is 19.6 Å². The number of nitrogens with zero attached hydrogens (tertiary/aromatic N) is 1. The van der Waals surface area contributed by atoms with Crippen LogP contribution in [0.4, 0.5) is 0 Å². The fourth-order valence-corrected chi connectivity index (χ4v) is 4.06. The smallest absolute Gasteiger partial charge is 0.171 e. The first-order chi connectivity index (χ1) is 11.6. The average molecular weight is 349 g/mol. The molecule has 1 aliphatic carbocycles. The van der Waals surface area contributed by atoms with Gasteiger partial charge in [-0.05, 0) is 38.2 Å². The third-order valence-corrected chi connectivity index (χ3v) is 5.47. The summed E-state index contributed by atoms with van der Waals surface area (Å²) in [5, 5.41) is 21.6. The van der Waals surface area contributed by atoms with Gasteiger partial charge < -0.3 is 24.6 Å². The summed E-state index contributed by atoms with van der Waals surface area (Å²) in [4.78, 5) is 2.10. The second-order valence-electron chi connectivity index (χ2n) is 8.80. The molecule has 1 spiro atoms. The summed E-state index contributed by atoms with van der Waals surface area (Å²) in [6.07, 6.45) is 1.98. The van der Waals surface area contributed by atoms with Crippen molar-refractivity contribution in [2.75, 3.05) is 33.9 Å². The molecule has 1 saturated heterocycles. The lowest BCUT2D eigenvalue weighted by atomic mass is 9.68. The molecule has 1 aromatic rings. The Morgan fingerprint density at radius 3 is 2.48 bits per heavy atom. The number of aliphatic hydroxyl groups is 1. The van der Waals surface area contributed by atoms with Gasteiger partial charge in [-0.15, -0.1) is 0 Å². The number of phenols is 1. The third kappa shape index (κ3) is 3.85. The molecular formula is C20H31NO4. The molecule has 1 saturated carbocycles. The normalized spacial score (nSPS) is 31.4. The van der Waals surface area contributed by atoms with Crippen LogP contribution in [0, 0.1) is 11.3 Å². The van der Waals surface area contributed by atoms with E-state index in [0.717, 1.165) is 24.9 Å². The van der Waals surface area contributed by atoms with E-state index in [1.165, 1.54) is 0 Å². The summed E-state index contributed by atoms with van der Waals surface area (Å²) >= 11 is 0. The minimum atomic E-state index is -1.09. The zero-order valence-electron chi connectivity index (χ0n) is 15.8. The first-order valence-electron chi connectivity index (χ1n) is 9.09. The number of hydrogen-bond acceptors (Lipinski definition) is 5. The van der Waals surface area contributed by atoms with Crippen LogP contribution in [-0.2, 0) is 15.1 Å². The fourth-order valence-electron chi connectivity index (χ4n) is 4.06. The minimum absolute atomic E-state index is 0.00509. The number of benzene rings is 1. The highest BCUT2D eigenvalue weighted by Crippen LogP contribution is 2.50. The lowest BCUT2D eigenvalue weighted by molar-refractivity contribution is -0.336. The van der Waals surface area contributed by atoms with Crippen LogP contribution in [0.25, 0.3) is 0 Å². The van der Waals surface area contributed by atoms with Crippen LogP contribution in [0.15, 0.2) is 24.3 Å². The lowest BCUT2D eigenvalue weighted by Crippen LogP contribution is -2.57. The minimum Gasteiger partial charge on any atom is -0.508 e. The van der Waals surface area contributed by atoms with Gasteiger partial charge in [0, 0.05) is 30.7 Å². The first kappa shape index (κ1) is 18.6. The van der Waals surface area contributed by atoms with Crippen LogP contribution in [0.3, 0.4) is 0 Å². The highest BCUT2D eigenvalue weighted by Gasteiger charge is 2.54. The van der Waals surface area contributed by atoms with Crippen LogP contribution in [0.2, 0.25) is 0 Å². The van der Waals surface area contributed by atoms with Gasteiger partial charge in [-0.1, -0.05) is 26.0 Å². The fraction of sp³-hybridized carbons (Fsp3) is 0.700. The van der Waals surface area contributed by atoms with Gasteiger partial charge >= 0.3 is 0 Å². The average Bonchev–Trinajstić information content (AvgIpc) is 2.53. The van der Waals surface area contributed by atoms with Gasteiger partial charge in [0.15, 0.2) is 5.79 Å². The number of phenolic OH excluding ortho intramolecular Hbond substituents is 1. The molecule has 140 valence electrons. The molecule has 2 N–H and O–H groups in total. The maximum Gasteiger partial charge on any atom is 0.171 e. The Morgan fingerprint density at radius 2 is 1.88 bits per heavy atom. The van der Waals surface area contributed by atoms with E-state index in [-0.39, 0.29) is 17.1 Å². The summed E-state index contributed by atoms with van der Waals surface area (Å²) in [6.45, 7) is 6.27. The molecule has 0 bridgehead atoms. The monoisotopic (exact) mass is 349 g/mol. The van der Waals surface area contributed by atoms with Gasteiger partial charge in [0.05, 0.1) is 18.8 Å². The SMILES string of the molecule is CN(C)CC1CCC2(CC1(O)c1cccc(O)c1)OCC(C)(C)CO2. The number of ether oxygens (including phenoxy) is 2. The standard InChI is InChI=1S/C20H31NO4/c1-18(2)13-24-19(25-14-18)9-8-16(11-21(3)4)20(23,12-19)15-6-5-7-17(22)10-15/h5-7,10,16,22-23H,8-9,11-14H2,1-4H3. The molecule has 1 aromatic carbocycles. The van der Waals surface area contributed by atoms with Crippen molar-refractivity contribution < 1.29 is 19.7 Å². The molecule has 3 rings (SSSR count). The van der Waals surface area contributed by atoms with Crippen molar-refractivity contribution in [3.8, 4) is 5.75 Å². The maximum absolute atomic E-state index is 11.7. The van der Waals surface area contributed by atoms with Crippen molar-refractivity contribution in [1.29, 1.82) is 0 Å². The van der Waals surface area contributed by atoms with Gasteiger partial charge in [0.2, 0.25) is 0 Å². The van der Waals surface area contributed by atoms with E-state index in [4.69, 9.17) is 9.47 Å². The van der Waals surface area contributed by atoms with Gasteiger partial charge in [-0.2, -0.15) is 0 Å². The molecule has 1 heterocycles. The zero-order valence-corrected chi connectivity index (χ0v) is 15.8. The Morgan fingerprint density at radius 1 is 1.20 bits per heavy atom. The second-order valence-corrected chi connectivity index (χ2v) is 8.80. The third-order valence-electron chi connectivity index (χ3n) is 5.47. The highest BCUT2D eigenvalue weighted by atomic mass is 16.7. The Bertz CT molecular complexity index is 605. The molecule has 25 heavy (non-hydrogen) atoms. The Hall–Kier alpha value is -1.14. The number of aromatic hydroxyl groups is 1. The van der Waals surface area contributed by atoms with Crippen LogP contribution in [0.5, 0.6) is 5.75 Å². The summed E-state index contributed by atoms with van der Waals surface area (Å²) in [7, 11) is 4.03. The summed E-state index contributed by atoms with van der Waals surface area (Å²) in [6, 6.07) is 6.95. The molecule has 2 atom stereocenters. The lowest BCUT2D eigenvalue weighted by Gasteiger charge is -2.53. The molecule has 0 radical (unpaired) electrons. The van der Waals surface area contributed by atoms with Crippen molar-refractivity contribution in [1.82, 2.24) is 4.90 Å². The van der Waals surface area contributed by atoms with Crippen LogP contribution >= 0.6 is 0 Å². The first-order valence-corrected chi connectivity index (χ1v) is 9.09. The number of hydrogen-bond donors (Lipinski definition) is 2. The van der Waals surface area contributed by atoms with E-state index in [2.05, 4.69) is 18.7 Å². The summed E-state index contributed by atoms with van der Waals surface area (Å²) < 4.78 is 12.3.